The van der Waals surface area contributed by atoms with Gasteiger partial charge in [-0.05, 0) is 24.3 Å². The minimum absolute atomic E-state index is 0.672. The van der Waals surface area contributed by atoms with E-state index in [9.17, 15) is 4.21 Å². The Morgan fingerprint density at radius 2 is 1.75 bits per heavy atom. The van der Waals surface area contributed by atoms with E-state index in [1.165, 1.54) is 0 Å². The first-order valence-electron chi connectivity index (χ1n) is 4.74. The van der Waals surface area contributed by atoms with Gasteiger partial charge in [0.05, 0.1) is 25.6 Å². The summed E-state index contributed by atoms with van der Waals surface area (Å²) in [5, 5.41) is 0.672. The molecule has 16 heavy (non-hydrogen) atoms. The molecule has 3 rings (SSSR count). The van der Waals surface area contributed by atoms with E-state index >= 15 is 0 Å². The molecule has 1 nitrogen and oxygen atoms in total. The van der Waals surface area contributed by atoms with Gasteiger partial charge in [-0.15, -0.1) is 0 Å². The maximum absolute atomic E-state index is 12.3. The van der Waals surface area contributed by atoms with E-state index in [1.807, 2.05) is 42.5 Å². The molecule has 0 bridgehead atoms. The lowest BCUT2D eigenvalue weighted by Crippen LogP contribution is -2.02. The second-order valence-corrected chi connectivity index (χ2v) is 6.26. The quantitative estimate of drug-likeness (QED) is 0.612. The Morgan fingerprint density at radius 3 is 2.62 bits per heavy atom. The smallest absolute Gasteiger partial charge is 0.0873 e. The van der Waals surface area contributed by atoms with E-state index in [4.69, 9.17) is 11.6 Å². The summed E-state index contributed by atoms with van der Waals surface area (Å²) in [6, 6.07) is 13.3. The van der Waals surface area contributed by atoms with Crippen LogP contribution in [0.15, 0.2) is 62.0 Å². The average Bonchev–Trinajstić information content (AvgIpc) is 2.31. The molecule has 0 N–H and O–H groups in total. The van der Waals surface area contributed by atoms with E-state index in [1.54, 1.807) is 11.8 Å². The Kier molecular flexibility index (Phi) is 2.54. The maximum atomic E-state index is 12.3. The molecule has 0 fully saturated rings. The number of hydrogen-bond donors (Lipinski definition) is 0. The van der Waals surface area contributed by atoms with Crippen LogP contribution >= 0.6 is 23.4 Å². The lowest BCUT2D eigenvalue weighted by Gasteiger charge is -2.18. The fraction of sp³-hybridized carbons (Fsp3) is 0. The van der Waals surface area contributed by atoms with Crippen molar-refractivity contribution in [3.63, 3.8) is 0 Å². The third kappa shape index (κ3) is 1.51. The van der Waals surface area contributed by atoms with Crippen molar-refractivity contribution in [2.45, 2.75) is 19.6 Å². The van der Waals surface area contributed by atoms with E-state index in [-0.39, 0.29) is 0 Å². The molecule has 0 saturated heterocycles. The summed E-state index contributed by atoms with van der Waals surface area (Å²) in [6.07, 6.45) is 0. The standard InChI is InChI=1S/C12H7ClOS2/c13-8-4-3-7-11-12(8)15-9-5-1-2-6-10(9)16(11)14/h1-7H. The largest absolute Gasteiger partial charge is 0.249 e. The number of benzene rings is 2. The number of halogens is 1. The van der Waals surface area contributed by atoms with Crippen molar-refractivity contribution < 1.29 is 4.21 Å². The lowest BCUT2D eigenvalue weighted by atomic mass is 10.3. The number of hydrogen-bond acceptors (Lipinski definition) is 2. The lowest BCUT2D eigenvalue weighted by molar-refractivity contribution is 0.679. The number of rotatable bonds is 0. The van der Waals surface area contributed by atoms with Crippen LogP contribution in [-0.4, -0.2) is 4.21 Å². The molecule has 1 aliphatic heterocycles. The molecule has 0 radical (unpaired) electrons. The maximum Gasteiger partial charge on any atom is 0.0873 e. The molecule has 1 heterocycles. The van der Waals surface area contributed by atoms with Crippen LogP contribution in [0.2, 0.25) is 5.02 Å². The first kappa shape index (κ1) is 10.4. The van der Waals surface area contributed by atoms with Gasteiger partial charge in [0.1, 0.15) is 0 Å². The molecular formula is C12H7ClOS2. The van der Waals surface area contributed by atoms with Crippen LogP contribution in [-0.2, 0) is 10.8 Å². The molecule has 0 amide bonds. The van der Waals surface area contributed by atoms with Crippen LogP contribution in [0.4, 0.5) is 0 Å². The molecule has 1 unspecified atom stereocenters. The summed E-state index contributed by atoms with van der Waals surface area (Å²) >= 11 is 7.71. The molecule has 0 aliphatic carbocycles. The van der Waals surface area contributed by atoms with Crippen molar-refractivity contribution >= 4 is 34.2 Å². The highest BCUT2D eigenvalue weighted by Gasteiger charge is 2.23. The molecule has 0 saturated carbocycles. The fourth-order valence-corrected chi connectivity index (χ4v) is 4.74. The van der Waals surface area contributed by atoms with Gasteiger partial charge < -0.3 is 0 Å². The third-order valence-electron chi connectivity index (χ3n) is 2.39. The van der Waals surface area contributed by atoms with Gasteiger partial charge in [-0.25, -0.2) is 4.21 Å². The van der Waals surface area contributed by atoms with Crippen LogP contribution in [0.5, 0.6) is 0 Å². The summed E-state index contributed by atoms with van der Waals surface area (Å²) in [5.74, 6) is 0. The van der Waals surface area contributed by atoms with Crippen molar-refractivity contribution in [3.05, 3.63) is 47.5 Å². The highest BCUT2D eigenvalue weighted by molar-refractivity contribution is 8.01. The Hall–Kier alpha value is -0.770. The van der Waals surface area contributed by atoms with Gasteiger partial charge in [0.15, 0.2) is 0 Å². The SMILES string of the molecule is O=S1c2ccccc2Sc2c(Cl)cccc21. The van der Waals surface area contributed by atoms with Crippen LogP contribution in [0.3, 0.4) is 0 Å². The summed E-state index contributed by atoms with van der Waals surface area (Å²) in [7, 11) is -1.11. The zero-order chi connectivity index (χ0) is 11.1. The van der Waals surface area contributed by atoms with Crippen molar-refractivity contribution in [2.75, 3.05) is 0 Å². The van der Waals surface area contributed by atoms with E-state index in [2.05, 4.69) is 0 Å². The van der Waals surface area contributed by atoms with Crippen LogP contribution in [0.1, 0.15) is 0 Å². The Bertz CT molecular complexity index is 595. The monoisotopic (exact) mass is 266 g/mol. The minimum atomic E-state index is -1.11. The van der Waals surface area contributed by atoms with Crippen molar-refractivity contribution in [3.8, 4) is 0 Å². The molecule has 0 aromatic heterocycles. The van der Waals surface area contributed by atoms with Crippen LogP contribution in [0.25, 0.3) is 0 Å². The third-order valence-corrected chi connectivity index (χ3v) is 5.79. The molecule has 1 atom stereocenters. The van der Waals surface area contributed by atoms with E-state index in [0.29, 0.717) is 5.02 Å². The molecule has 2 aromatic carbocycles. The van der Waals surface area contributed by atoms with Crippen LogP contribution < -0.4 is 0 Å². The highest BCUT2D eigenvalue weighted by Crippen LogP contribution is 2.45. The first-order valence-corrected chi connectivity index (χ1v) is 7.09. The molecule has 1 aliphatic rings. The Morgan fingerprint density at radius 1 is 1.00 bits per heavy atom. The second kappa shape index (κ2) is 3.91. The second-order valence-electron chi connectivity index (χ2n) is 3.38. The summed E-state index contributed by atoms with van der Waals surface area (Å²) in [5.41, 5.74) is 0. The normalized spacial score (nSPS) is 17.7. The molecule has 80 valence electrons. The van der Waals surface area contributed by atoms with Gasteiger partial charge in [-0.3, -0.25) is 0 Å². The van der Waals surface area contributed by atoms with Gasteiger partial charge in [0.2, 0.25) is 0 Å². The van der Waals surface area contributed by atoms with Crippen molar-refractivity contribution in [1.29, 1.82) is 0 Å². The van der Waals surface area contributed by atoms with Gasteiger partial charge in [-0.1, -0.05) is 41.6 Å². The van der Waals surface area contributed by atoms with Crippen LogP contribution in [0, 0.1) is 0 Å². The van der Waals surface area contributed by atoms with Gasteiger partial charge in [0, 0.05) is 9.79 Å². The summed E-state index contributed by atoms with van der Waals surface area (Å²) < 4.78 is 12.3. The molecular weight excluding hydrogens is 260 g/mol. The van der Waals surface area contributed by atoms with Gasteiger partial charge >= 0.3 is 0 Å². The summed E-state index contributed by atoms with van der Waals surface area (Å²) in [4.78, 5) is 3.64. The molecule has 0 spiro atoms. The molecule has 2 aromatic rings. The molecule has 4 heteroatoms. The zero-order valence-electron chi connectivity index (χ0n) is 8.14. The average molecular weight is 267 g/mol. The highest BCUT2D eigenvalue weighted by atomic mass is 35.5. The van der Waals surface area contributed by atoms with Gasteiger partial charge in [0.25, 0.3) is 0 Å². The summed E-state index contributed by atoms with van der Waals surface area (Å²) in [6.45, 7) is 0. The zero-order valence-corrected chi connectivity index (χ0v) is 10.5. The van der Waals surface area contributed by atoms with E-state index in [0.717, 1.165) is 19.6 Å². The first-order chi connectivity index (χ1) is 7.77. The Balaban J connectivity index is 2.26. The predicted octanol–water partition coefficient (Wildman–Crippen LogP) is 3.97. The van der Waals surface area contributed by atoms with Crippen molar-refractivity contribution in [2.24, 2.45) is 0 Å². The van der Waals surface area contributed by atoms with E-state index < -0.39 is 10.8 Å². The fourth-order valence-electron chi connectivity index (χ4n) is 1.65. The van der Waals surface area contributed by atoms with Gasteiger partial charge in [-0.2, -0.15) is 0 Å². The number of fused-ring (bicyclic) bond motifs is 2. The topological polar surface area (TPSA) is 17.1 Å². The predicted molar refractivity (Wildman–Crippen MR) is 66.7 cm³/mol. The Labute approximate surface area is 105 Å². The van der Waals surface area contributed by atoms with Crippen molar-refractivity contribution in [1.82, 2.24) is 0 Å². The minimum Gasteiger partial charge on any atom is -0.249 e.